The predicted molar refractivity (Wildman–Crippen MR) is 306 cm³/mol. The molecule has 1 unspecified atom stereocenters. The van der Waals surface area contributed by atoms with Crippen molar-refractivity contribution in [3.8, 4) is 61.3 Å². The van der Waals surface area contributed by atoms with Crippen LogP contribution in [0.1, 0.15) is 22.3 Å². The van der Waals surface area contributed by atoms with E-state index in [4.69, 9.17) is 0 Å². The number of para-hydroxylation sites is 4. The molecule has 340 valence electrons. The molecule has 12 aromatic carbocycles. The third-order valence-electron chi connectivity index (χ3n) is 15.8. The van der Waals surface area contributed by atoms with Crippen LogP contribution in [-0.4, -0.2) is 4.57 Å². The van der Waals surface area contributed by atoms with E-state index in [0.29, 0.717) is 0 Å². The zero-order valence-electron chi connectivity index (χ0n) is 40.0. The largest absolute Gasteiger partial charge is 0.310 e. The van der Waals surface area contributed by atoms with Crippen molar-refractivity contribution in [2.24, 2.45) is 0 Å². The Morgan fingerprint density at radius 3 is 1.73 bits per heavy atom. The second kappa shape index (κ2) is 16.3. The first-order valence-electron chi connectivity index (χ1n) is 25.3. The first kappa shape index (κ1) is 41.3. The van der Waals surface area contributed by atoms with E-state index in [2.05, 4.69) is 289 Å². The smallest absolute Gasteiger partial charge is 0.0754 e. The van der Waals surface area contributed by atoms with Gasteiger partial charge in [-0.05, 0) is 132 Å². The van der Waals surface area contributed by atoms with E-state index < -0.39 is 5.41 Å². The standard InChI is InChI=1S/C71H46N2/c1-2-19-47(20-3-1)56-26-6-7-27-57(56)60-29-9-13-36-67(60)72(52-42-39-49(40-43-52)55-31-17-22-48-21-4-5-25-54(48)55)53-24-16-23-50(45-53)51-41-44-59-58-28-8-11-33-63(58)71(66(59)46-51)64-34-12-15-38-69(64)73-68-37-14-10-30-61(68)62-32-18-35-65(71)70(62)73/h1-46H. The Kier molecular flexibility index (Phi) is 9.21. The van der Waals surface area contributed by atoms with Gasteiger partial charge in [0.2, 0.25) is 0 Å². The second-order valence-electron chi connectivity index (χ2n) is 19.5. The fourth-order valence-corrected chi connectivity index (χ4v) is 12.7. The van der Waals surface area contributed by atoms with Gasteiger partial charge in [-0.25, -0.2) is 0 Å². The molecule has 1 aliphatic heterocycles. The van der Waals surface area contributed by atoms with Crippen molar-refractivity contribution in [3.63, 3.8) is 0 Å². The van der Waals surface area contributed by atoms with E-state index in [0.717, 1.165) is 28.2 Å². The highest BCUT2D eigenvalue weighted by molar-refractivity contribution is 6.13. The van der Waals surface area contributed by atoms with E-state index in [1.807, 2.05) is 0 Å². The Bertz CT molecular complexity index is 4330. The van der Waals surface area contributed by atoms with Crippen LogP contribution in [0.25, 0.3) is 93.9 Å². The molecule has 1 spiro atoms. The molecule has 2 heterocycles. The first-order valence-corrected chi connectivity index (χ1v) is 25.3. The summed E-state index contributed by atoms with van der Waals surface area (Å²) in [5.41, 5.74) is 23.8. The molecule has 1 atom stereocenters. The highest BCUT2D eigenvalue weighted by atomic mass is 15.1. The molecule has 2 nitrogen and oxygen atoms in total. The highest BCUT2D eigenvalue weighted by Gasteiger charge is 2.50. The summed E-state index contributed by atoms with van der Waals surface area (Å²) in [7, 11) is 0. The molecule has 0 bridgehead atoms. The lowest BCUT2D eigenvalue weighted by atomic mass is 9.65. The normalized spacial score (nSPS) is 14.1. The maximum atomic E-state index is 2.52. The molecule has 2 aliphatic rings. The van der Waals surface area contributed by atoms with E-state index >= 15 is 0 Å². The number of aromatic nitrogens is 1. The van der Waals surface area contributed by atoms with Crippen LogP contribution in [0.15, 0.2) is 279 Å². The summed E-state index contributed by atoms with van der Waals surface area (Å²) < 4.78 is 2.52. The summed E-state index contributed by atoms with van der Waals surface area (Å²) in [6, 6.07) is 103. The summed E-state index contributed by atoms with van der Waals surface area (Å²) in [4.78, 5) is 2.45. The molecule has 0 saturated heterocycles. The SMILES string of the molecule is c1ccc(-c2ccccc2-c2ccccc2N(c2ccc(-c3cccc4ccccc34)cc2)c2cccc(-c3ccc4c(c3)C3(c5ccccc5-4)c4ccccc4-n4c5ccccc5c5cccc3c54)c2)cc1. The maximum absolute atomic E-state index is 2.52. The molecule has 0 amide bonds. The lowest BCUT2D eigenvalue weighted by molar-refractivity contribution is 0.749. The van der Waals surface area contributed by atoms with E-state index in [9.17, 15) is 0 Å². The molecule has 1 aliphatic carbocycles. The molecule has 15 rings (SSSR count). The molecular weight excluding hydrogens is 881 g/mol. The summed E-state index contributed by atoms with van der Waals surface area (Å²) in [6.45, 7) is 0. The van der Waals surface area contributed by atoms with Gasteiger partial charge in [0.25, 0.3) is 0 Å². The van der Waals surface area contributed by atoms with E-state index in [1.54, 1.807) is 0 Å². The molecule has 1 aromatic heterocycles. The lowest BCUT2D eigenvalue weighted by Gasteiger charge is -2.39. The minimum absolute atomic E-state index is 0.539. The van der Waals surface area contributed by atoms with Crippen molar-refractivity contribution in [3.05, 3.63) is 301 Å². The predicted octanol–water partition coefficient (Wildman–Crippen LogP) is 18.8. The maximum Gasteiger partial charge on any atom is 0.0754 e. The van der Waals surface area contributed by atoms with Crippen LogP contribution in [0, 0.1) is 0 Å². The topological polar surface area (TPSA) is 8.17 Å². The van der Waals surface area contributed by atoms with Crippen LogP contribution in [0.2, 0.25) is 0 Å². The quantitative estimate of drug-likeness (QED) is 0.155. The zero-order chi connectivity index (χ0) is 48.0. The zero-order valence-corrected chi connectivity index (χ0v) is 40.0. The van der Waals surface area contributed by atoms with Crippen LogP contribution in [0.3, 0.4) is 0 Å². The molecular formula is C71H46N2. The van der Waals surface area contributed by atoms with Gasteiger partial charge in [0.1, 0.15) is 0 Å². The van der Waals surface area contributed by atoms with E-state index in [1.165, 1.54) is 105 Å². The summed E-state index contributed by atoms with van der Waals surface area (Å²) in [5.74, 6) is 0. The van der Waals surface area contributed by atoms with Gasteiger partial charge in [-0.2, -0.15) is 0 Å². The van der Waals surface area contributed by atoms with Crippen molar-refractivity contribution in [1.29, 1.82) is 0 Å². The molecule has 0 fully saturated rings. The third-order valence-corrected chi connectivity index (χ3v) is 15.8. The molecule has 2 heteroatoms. The third kappa shape index (κ3) is 6.11. The Morgan fingerprint density at radius 2 is 0.849 bits per heavy atom. The molecule has 0 saturated carbocycles. The lowest BCUT2D eigenvalue weighted by Crippen LogP contribution is -2.33. The Morgan fingerprint density at radius 1 is 0.288 bits per heavy atom. The van der Waals surface area contributed by atoms with Gasteiger partial charge in [-0.1, -0.05) is 231 Å². The number of hydrogen-bond donors (Lipinski definition) is 0. The van der Waals surface area contributed by atoms with Crippen LogP contribution >= 0.6 is 0 Å². The molecule has 73 heavy (non-hydrogen) atoms. The van der Waals surface area contributed by atoms with E-state index in [-0.39, 0.29) is 0 Å². The number of nitrogens with zero attached hydrogens (tertiary/aromatic N) is 2. The summed E-state index contributed by atoms with van der Waals surface area (Å²) in [6.07, 6.45) is 0. The van der Waals surface area contributed by atoms with Gasteiger partial charge in [0.15, 0.2) is 0 Å². The van der Waals surface area contributed by atoms with Crippen molar-refractivity contribution in [2.45, 2.75) is 5.41 Å². The van der Waals surface area contributed by atoms with Crippen molar-refractivity contribution >= 4 is 49.6 Å². The van der Waals surface area contributed by atoms with Crippen molar-refractivity contribution in [2.75, 3.05) is 4.90 Å². The second-order valence-corrected chi connectivity index (χ2v) is 19.5. The fourth-order valence-electron chi connectivity index (χ4n) is 12.7. The van der Waals surface area contributed by atoms with Gasteiger partial charge in [-0.15, -0.1) is 0 Å². The van der Waals surface area contributed by atoms with Crippen molar-refractivity contribution in [1.82, 2.24) is 4.57 Å². The monoisotopic (exact) mass is 926 g/mol. The Labute approximate surface area is 425 Å². The number of rotatable bonds is 7. The Hall–Kier alpha value is -9.50. The van der Waals surface area contributed by atoms with Gasteiger partial charge >= 0.3 is 0 Å². The number of anilines is 3. The number of benzene rings is 12. The van der Waals surface area contributed by atoms with Gasteiger partial charge in [-0.3, -0.25) is 0 Å². The van der Waals surface area contributed by atoms with Gasteiger partial charge in [0, 0.05) is 27.7 Å². The fraction of sp³-hybridized carbons (Fsp3) is 0.0141. The van der Waals surface area contributed by atoms with Gasteiger partial charge in [0.05, 0.1) is 27.8 Å². The highest BCUT2D eigenvalue weighted by Crippen LogP contribution is 2.61. The van der Waals surface area contributed by atoms with Crippen LogP contribution in [0.4, 0.5) is 17.1 Å². The molecule has 13 aromatic rings. The van der Waals surface area contributed by atoms with Crippen LogP contribution in [0.5, 0.6) is 0 Å². The first-order chi connectivity index (χ1) is 36.2. The number of fused-ring (bicyclic) bond motifs is 13. The average molecular weight is 927 g/mol. The Balaban J connectivity index is 0.930. The van der Waals surface area contributed by atoms with Crippen LogP contribution < -0.4 is 4.90 Å². The van der Waals surface area contributed by atoms with Crippen molar-refractivity contribution < 1.29 is 0 Å². The van der Waals surface area contributed by atoms with Gasteiger partial charge < -0.3 is 9.47 Å². The summed E-state index contributed by atoms with van der Waals surface area (Å²) in [5, 5.41) is 5.05. The molecule has 0 radical (unpaired) electrons. The average Bonchev–Trinajstić information content (AvgIpc) is 3.96. The van der Waals surface area contributed by atoms with Crippen LogP contribution in [-0.2, 0) is 5.41 Å². The number of hydrogen-bond acceptors (Lipinski definition) is 1. The summed E-state index contributed by atoms with van der Waals surface area (Å²) >= 11 is 0. The minimum atomic E-state index is -0.539. The molecule has 0 N–H and O–H groups in total. The minimum Gasteiger partial charge on any atom is -0.310 e.